The summed E-state index contributed by atoms with van der Waals surface area (Å²) < 4.78 is 69.6. The van der Waals surface area contributed by atoms with Crippen molar-refractivity contribution < 1.29 is 31.4 Å². The Bertz CT molecular complexity index is 788. The molecule has 0 aliphatic carbocycles. The van der Waals surface area contributed by atoms with E-state index in [-0.39, 0.29) is 54.7 Å². The first-order valence-electron chi connectivity index (χ1n) is 7.96. The maximum atomic E-state index is 12.3. The maximum Gasteiger partial charge on any atom is 0.573 e. The van der Waals surface area contributed by atoms with Crippen LogP contribution in [0.1, 0.15) is 11.1 Å². The minimum Gasteiger partial charge on any atom is -0.471 e. The lowest BCUT2D eigenvalue weighted by Crippen LogP contribution is -2.31. The summed E-state index contributed by atoms with van der Waals surface area (Å²) in [5.41, 5.74) is 6.86. The van der Waals surface area contributed by atoms with Crippen molar-refractivity contribution in [1.82, 2.24) is 10.3 Å². The van der Waals surface area contributed by atoms with Crippen LogP contribution in [0, 0.1) is 0 Å². The fourth-order valence-electron chi connectivity index (χ4n) is 2.05. The first-order chi connectivity index (χ1) is 13.2. The van der Waals surface area contributed by atoms with E-state index < -0.39 is 19.4 Å². The molecule has 12 heteroatoms. The molecule has 0 saturated heterocycles. The summed E-state index contributed by atoms with van der Waals surface area (Å²) in [6.07, 6.45) is -5.96. The van der Waals surface area contributed by atoms with Crippen molar-refractivity contribution in [3.8, 4) is 11.6 Å². The molecule has 0 spiro atoms. The number of rotatable bonds is 8. The maximum absolute atomic E-state index is 12.3. The first-order valence-corrected chi connectivity index (χ1v) is 7.96. The van der Waals surface area contributed by atoms with Gasteiger partial charge in [0.2, 0.25) is 5.88 Å². The van der Waals surface area contributed by atoms with Gasteiger partial charge in [-0.05, 0) is 23.8 Å². The van der Waals surface area contributed by atoms with Crippen LogP contribution in [0.4, 0.5) is 22.0 Å². The van der Waals surface area contributed by atoms with Crippen LogP contribution in [0.25, 0.3) is 0 Å². The number of guanidine groups is 1. The minimum atomic E-state index is -4.75. The Hall–Kier alpha value is -2.38. The quantitative estimate of drug-likeness (QED) is 0.234. The van der Waals surface area contributed by atoms with E-state index in [0.29, 0.717) is 11.1 Å². The average molecular weight is 532 g/mol. The van der Waals surface area contributed by atoms with Crippen LogP contribution in [-0.4, -0.2) is 30.3 Å². The van der Waals surface area contributed by atoms with E-state index >= 15 is 0 Å². The summed E-state index contributed by atoms with van der Waals surface area (Å²) in [4.78, 5) is 7.94. The number of halogens is 6. The molecule has 3 N–H and O–H groups in total. The standard InChI is InChI=1S/C17H17F5N4O2.HI/c18-14(19)10-27-15-12(2-1-7-24-15)9-26-16(23)25-8-11-3-5-13(6-4-11)28-17(20,21)22;/h1-7,14H,8-10H2,(H3,23,25,26);1H. The van der Waals surface area contributed by atoms with Gasteiger partial charge in [-0.15, -0.1) is 37.1 Å². The van der Waals surface area contributed by atoms with Crippen molar-refractivity contribution in [3.05, 3.63) is 53.7 Å². The highest BCUT2D eigenvalue weighted by Crippen LogP contribution is 2.22. The second kappa shape index (κ2) is 11.6. The van der Waals surface area contributed by atoms with E-state index in [1.807, 2.05) is 0 Å². The van der Waals surface area contributed by atoms with E-state index in [2.05, 4.69) is 20.0 Å². The molecule has 0 saturated carbocycles. The normalized spacial score (nSPS) is 11.7. The third-order valence-electron chi connectivity index (χ3n) is 3.24. The van der Waals surface area contributed by atoms with Crippen molar-refractivity contribution in [2.24, 2.45) is 10.7 Å². The molecule has 1 aromatic carbocycles. The van der Waals surface area contributed by atoms with Gasteiger partial charge in [-0.1, -0.05) is 18.2 Å². The Morgan fingerprint density at radius 1 is 1.17 bits per heavy atom. The summed E-state index contributed by atoms with van der Waals surface area (Å²) in [5, 5.41) is 2.79. The van der Waals surface area contributed by atoms with Crippen LogP contribution < -0.4 is 20.5 Å². The highest BCUT2D eigenvalue weighted by molar-refractivity contribution is 14.0. The van der Waals surface area contributed by atoms with Gasteiger partial charge in [0.15, 0.2) is 12.6 Å². The fourth-order valence-corrected chi connectivity index (χ4v) is 2.05. The number of aliphatic imine (C=N–C) groups is 1. The lowest BCUT2D eigenvalue weighted by Gasteiger charge is -2.11. The number of nitrogens with zero attached hydrogens (tertiary/aromatic N) is 2. The molecule has 2 rings (SSSR count). The zero-order valence-corrected chi connectivity index (χ0v) is 17.2. The lowest BCUT2D eigenvalue weighted by atomic mass is 10.2. The molecule has 0 bridgehead atoms. The number of alkyl halides is 5. The van der Waals surface area contributed by atoms with Gasteiger partial charge in [-0.2, -0.15) is 0 Å². The van der Waals surface area contributed by atoms with Crippen LogP contribution in [0.5, 0.6) is 11.6 Å². The zero-order chi connectivity index (χ0) is 20.6. The molecule has 0 aliphatic rings. The van der Waals surface area contributed by atoms with Gasteiger partial charge in [-0.25, -0.2) is 18.8 Å². The average Bonchev–Trinajstić information content (AvgIpc) is 2.63. The second-order valence-electron chi connectivity index (χ2n) is 5.42. The van der Waals surface area contributed by atoms with E-state index in [0.717, 1.165) is 0 Å². The molecule has 29 heavy (non-hydrogen) atoms. The summed E-state index contributed by atoms with van der Waals surface area (Å²) in [5.74, 6) is -0.220. The third kappa shape index (κ3) is 9.58. The monoisotopic (exact) mass is 532 g/mol. The number of pyridine rings is 1. The molecular weight excluding hydrogens is 514 g/mol. The SMILES string of the molecule is I.NC(=NCc1ccc(OC(F)(F)F)cc1)NCc1cccnc1OCC(F)F. The highest BCUT2D eigenvalue weighted by Gasteiger charge is 2.30. The van der Waals surface area contributed by atoms with Crippen molar-refractivity contribution in [2.45, 2.75) is 25.9 Å². The summed E-state index contributed by atoms with van der Waals surface area (Å²) >= 11 is 0. The summed E-state index contributed by atoms with van der Waals surface area (Å²) in [6, 6.07) is 8.44. The van der Waals surface area contributed by atoms with Crippen LogP contribution >= 0.6 is 24.0 Å². The van der Waals surface area contributed by atoms with Gasteiger partial charge < -0.3 is 20.5 Å². The van der Waals surface area contributed by atoms with E-state index in [1.165, 1.54) is 30.5 Å². The van der Waals surface area contributed by atoms with E-state index in [1.54, 1.807) is 12.1 Å². The minimum absolute atomic E-state index is 0. The van der Waals surface area contributed by atoms with Gasteiger partial charge in [0.1, 0.15) is 5.75 Å². The molecule has 0 aliphatic heterocycles. The lowest BCUT2D eigenvalue weighted by molar-refractivity contribution is -0.274. The molecule has 2 aromatic rings. The largest absolute Gasteiger partial charge is 0.573 e. The molecule has 0 atom stereocenters. The number of hydrogen-bond donors (Lipinski definition) is 2. The van der Waals surface area contributed by atoms with Crippen LogP contribution in [0.3, 0.4) is 0 Å². The van der Waals surface area contributed by atoms with Gasteiger partial charge in [0.05, 0.1) is 6.54 Å². The first kappa shape index (κ1) is 24.7. The molecule has 0 amide bonds. The summed E-state index contributed by atoms with van der Waals surface area (Å²) in [7, 11) is 0. The Morgan fingerprint density at radius 2 is 1.86 bits per heavy atom. The van der Waals surface area contributed by atoms with Crippen molar-refractivity contribution >= 4 is 29.9 Å². The topological polar surface area (TPSA) is 81.8 Å². The number of benzene rings is 1. The third-order valence-corrected chi connectivity index (χ3v) is 3.24. The van der Waals surface area contributed by atoms with Gasteiger partial charge in [0, 0.05) is 18.3 Å². The molecule has 1 aromatic heterocycles. The summed E-state index contributed by atoms with van der Waals surface area (Å²) in [6.45, 7) is -0.519. The highest BCUT2D eigenvalue weighted by atomic mass is 127. The molecule has 0 unspecified atom stereocenters. The Balaban J connectivity index is 0.00000420. The predicted molar refractivity (Wildman–Crippen MR) is 106 cm³/mol. The van der Waals surface area contributed by atoms with Crippen LogP contribution in [0.15, 0.2) is 47.6 Å². The van der Waals surface area contributed by atoms with Gasteiger partial charge >= 0.3 is 6.36 Å². The second-order valence-corrected chi connectivity index (χ2v) is 5.42. The molecule has 6 nitrogen and oxygen atoms in total. The van der Waals surface area contributed by atoms with Crippen LogP contribution in [0.2, 0.25) is 0 Å². The Labute approximate surface area is 180 Å². The number of nitrogens with one attached hydrogen (secondary N) is 1. The predicted octanol–water partition coefficient (Wildman–Crippen LogP) is 3.85. The smallest absolute Gasteiger partial charge is 0.471 e. The van der Waals surface area contributed by atoms with Crippen molar-refractivity contribution in [3.63, 3.8) is 0 Å². The molecule has 0 fully saturated rings. The molecule has 1 heterocycles. The molecule has 160 valence electrons. The van der Waals surface area contributed by atoms with Crippen molar-refractivity contribution in [2.75, 3.05) is 6.61 Å². The zero-order valence-electron chi connectivity index (χ0n) is 14.8. The van der Waals surface area contributed by atoms with Gasteiger partial charge in [-0.3, -0.25) is 0 Å². The number of nitrogens with two attached hydrogens (primary N) is 1. The Kier molecular flexibility index (Phi) is 9.85. The van der Waals surface area contributed by atoms with E-state index in [4.69, 9.17) is 10.5 Å². The van der Waals surface area contributed by atoms with Crippen LogP contribution in [-0.2, 0) is 13.1 Å². The van der Waals surface area contributed by atoms with Crippen molar-refractivity contribution in [1.29, 1.82) is 0 Å². The number of aromatic nitrogens is 1. The molecular formula is C17H18F5IN4O2. The van der Waals surface area contributed by atoms with E-state index in [9.17, 15) is 22.0 Å². The Morgan fingerprint density at radius 3 is 2.48 bits per heavy atom. The van der Waals surface area contributed by atoms with Gasteiger partial charge in [0.25, 0.3) is 6.43 Å². The number of hydrogen-bond acceptors (Lipinski definition) is 4. The molecule has 0 radical (unpaired) electrons. The number of ether oxygens (including phenoxy) is 2. The fraction of sp³-hybridized carbons (Fsp3) is 0.294.